The van der Waals surface area contributed by atoms with Crippen molar-refractivity contribution >= 4 is 5.91 Å². The van der Waals surface area contributed by atoms with Gasteiger partial charge in [0.15, 0.2) is 0 Å². The van der Waals surface area contributed by atoms with Crippen molar-refractivity contribution in [3.63, 3.8) is 0 Å². The summed E-state index contributed by atoms with van der Waals surface area (Å²) < 4.78 is 10.9. The lowest BCUT2D eigenvalue weighted by Gasteiger charge is -2.35. The molecule has 0 aliphatic heterocycles. The number of carbonyl (C=O) groups is 1. The lowest BCUT2D eigenvalue weighted by Crippen LogP contribution is -2.44. The van der Waals surface area contributed by atoms with Gasteiger partial charge in [-0.15, -0.1) is 0 Å². The van der Waals surface area contributed by atoms with Crippen LogP contribution >= 0.6 is 0 Å². The maximum absolute atomic E-state index is 11.9. The molecule has 0 aromatic heterocycles. The highest BCUT2D eigenvalue weighted by Crippen LogP contribution is 2.15. The zero-order valence-corrected chi connectivity index (χ0v) is 15.7. The molecule has 0 aliphatic carbocycles. The highest BCUT2D eigenvalue weighted by molar-refractivity contribution is 5.77. The Hall–Kier alpha value is -1.07. The minimum Gasteiger partial charge on any atom is -0.373 e. The molecule has 0 bridgehead atoms. The number of rotatable bonds is 8. The zero-order valence-electron chi connectivity index (χ0n) is 15.7. The van der Waals surface area contributed by atoms with Crippen LogP contribution in [0.5, 0.6) is 0 Å². The molecule has 0 saturated heterocycles. The molecule has 0 radical (unpaired) electrons. The first kappa shape index (κ1) is 20.9. The summed E-state index contributed by atoms with van der Waals surface area (Å²) in [5, 5.41) is 0. The Bertz CT molecular complexity index is 331. The molecule has 5 heteroatoms. The first-order valence-electron chi connectivity index (χ1n) is 7.71. The van der Waals surface area contributed by atoms with Gasteiger partial charge in [0.1, 0.15) is 6.61 Å². The van der Waals surface area contributed by atoms with Crippen molar-refractivity contribution in [2.75, 3.05) is 40.5 Å². The van der Waals surface area contributed by atoms with Crippen molar-refractivity contribution in [1.29, 1.82) is 0 Å². The largest absolute Gasteiger partial charge is 0.373 e. The van der Waals surface area contributed by atoms with Gasteiger partial charge in [-0.1, -0.05) is 6.58 Å². The van der Waals surface area contributed by atoms with E-state index in [9.17, 15) is 4.79 Å². The van der Waals surface area contributed by atoms with Crippen LogP contribution in [0.2, 0.25) is 0 Å². The van der Waals surface area contributed by atoms with Crippen LogP contribution in [-0.4, -0.2) is 67.3 Å². The van der Waals surface area contributed by atoms with Crippen molar-refractivity contribution in [3.05, 3.63) is 12.3 Å². The number of likely N-dealkylation sites (N-methyl/N-ethyl adjacent to an activating group) is 2. The molecule has 0 rings (SSSR count). The van der Waals surface area contributed by atoms with Gasteiger partial charge in [0.25, 0.3) is 0 Å². The van der Waals surface area contributed by atoms with Crippen molar-refractivity contribution in [2.24, 2.45) is 0 Å². The van der Waals surface area contributed by atoms with Gasteiger partial charge >= 0.3 is 0 Å². The molecule has 0 spiro atoms. The summed E-state index contributed by atoms with van der Waals surface area (Å²) >= 11 is 0. The molecule has 0 aromatic rings. The Labute approximate surface area is 136 Å². The van der Waals surface area contributed by atoms with Crippen LogP contribution < -0.4 is 0 Å². The molecule has 0 aliphatic rings. The number of ether oxygens (including phenoxy) is 2. The maximum atomic E-state index is 11.9. The zero-order chi connectivity index (χ0) is 17.6. The molecule has 0 aromatic carbocycles. The lowest BCUT2D eigenvalue weighted by molar-refractivity contribution is -0.139. The summed E-state index contributed by atoms with van der Waals surface area (Å²) in [5.41, 5.74) is 0.767. The summed E-state index contributed by atoms with van der Waals surface area (Å²) in [6, 6.07) is 0. The van der Waals surface area contributed by atoms with Gasteiger partial charge < -0.3 is 19.3 Å². The summed E-state index contributed by atoms with van der Waals surface area (Å²) in [4.78, 5) is 15.7. The topological polar surface area (TPSA) is 42.0 Å². The molecular weight excluding hydrogens is 280 g/mol. The van der Waals surface area contributed by atoms with E-state index in [1.807, 2.05) is 27.8 Å². The fourth-order valence-corrected chi connectivity index (χ4v) is 1.51. The van der Waals surface area contributed by atoms with Crippen molar-refractivity contribution in [1.82, 2.24) is 9.80 Å². The SMILES string of the molecule is C=C(COCCOCC(=O)N(C)C(C)(C)C)N(C)C(C)(C)C. The quantitative estimate of drug-likeness (QED) is 0.646. The van der Waals surface area contributed by atoms with E-state index >= 15 is 0 Å². The standard InChI is InChI=1S/C17H34N2O3/c1-14(18(8)16(2,3)4)12-21-10-11-22-13-15(20)19(9)17(5,6)7/h1,10-13H2,2-9H3. The van der Waals surface area contributed by atoms with Crippen LogP contribution in [0.1, 0.15) is 41.5 Å². The Kier molecular flexibility index (Phi) is 8.12. The first-order chi connectivity index (χ1) is 9.87. The average molecular weight is 314 g/mol. The Morgan fingerprint density at radius 3 is 1.68 bits per heavy atom. The van der Waals surface area contributed by atoms with Crippen LogP contribution in [-0.2, 0) is 14.3 Å². The van der Waals surface area contributed by atoms with Gasteiger partial charge in [0.05, 0.1) is 19.8 Å². The van der Waals surface area contributed by atoms with Gasteiger partial charge in [0, 0.05) is 30.9 Å². The Balaban J connectivity index is 3.84. The molecule has 0 atom stereocenters. The van der Waals surface area contributed by atoms with Gasteiger partial charge in [-0.25, -0.2) is 0 Å². The van der Waals surface area contributed by atoms with Gasteiger partial charge in [0.2, 0.25) is 5.91 Å². The van der Waals surface area contributed by atoms with Gasteiger partial charge in [-0.3, -0.25) is 4.79 Å². The van der Waals surface area contributed by atoms with Crippen molar-refractivity contribution in [3.8, 4) is 0 Å². The third kappa shape index (κ3) is 7.80. The minimum atomic E-state index is -0.188. The van der Waals surface area contributed by atoms with E-state index in [-0.39, 0.29) is 23.6 Å². The molecule has 22 heavy (non-hydrogen) atoms. The fourth-order valence-electron chi connectivity index (χ4n) is 1.51. The minimum absolute atomic E-state index is 0.0237. The van der Waals surface area contributed by atoms with E-state index in [2.05, 4.69) is 32.3 Å². The maximum Gasteiger partial charge on any atom is 0.248 e. The van der Waals surface area contributed by atoms with E-state index < -0.39 is 0 Å². The molecule has 5 nitrogen and oxygen atoms in total. The molecule has 0 heterocycles. The van der Waals surface area contributed by atoms with E-state index in [0.29, 0.717) is 19.8 Å². The van der Waals surface area contributed by atoms with Gasteiger partial charge in [-0.2, -0.15) is 0 Å². The normalized spacial score (nSPS) is 12.2. The summed E-state index contributed by atoms with van der Waals surface area (Å²) in [6.45, 7) is 17.8. The number of hydrogen-bond acceptors (Lipinski definition) is 4. The Morgan fingerprint density at radius 1 is 0.864 bits per heavy atom. The summed E-state index contributed by atoms with van der Waals surface area (Å²) in [6.07, 6.45) is 0. The monoisotopic (exact) mass is 314 g/mol. The third-order valence-corrected chi connectivity index (χ3v) is 3.73. The highest BCUT2D eigenvalue weighted by atomic mass is 16.5. The second-order valence-corrected chi connectivity index (χ2v) is 7.52. The predicted molar refractivity (Wildman–Crippen MR) is 90.8 cm³/mol. The Morgan fingerprint density at radius 2 is 1.27 bits per heavy atom. The van der Waals surface area contributed by atoms with Crippen LogP contribution in [0.4, 0.5) is 0 Å². The third-order valence-electron chi connectivity index (χ3n) is 3.73. The number of nitrogens with zero attached hydrogens (tertiary/aromatic N) is 2. The molecule has 0 unspecified atom stereocenters. The second-order valence-electron chi connectivity index (χ2n) is 7.52. The average Bonchev–Trinajstić information content (AvgIpc) is 2.38. The predicted octanol–water partition coefficient (Wildman–Crippen LogP) is 2.52. The van der Waals surface area contributed by atoms with E-state index in [0.717, 1.165) is 5.70 Å². The number of amides is 1. The van der Waals surface area contributed by atoms with Crippen LogP contribution in [0.25, 0.3) is 0 Å². The molecule has 0 saturated carbocycles. The molecular formula is C17H34N2O3. The lowest BCUT2D eigenvalue weighted by atomic mass is 10.1. The van der Waals surface area contributed by atoms with E-state index in [4.69, 9.17) is 9.47 Å². The second kappa shape index (κ2) is 8.53. The van der Waals surface area contributed by atoms with Crippen LogP contribution in [0.15, 0.2) is 12.3 Å². The summed E-state index contributed by atoms with van der Waals surface area (Å²) in [5.74, 6) is -0.0237. The fraction of sp³-hybridized carbons (Fsp3) is 0.824. The number of hydrogen-bond donors (Lipinski definition) is 0. The molecule has 1 amide bonds. The first-order valence-corrected chi connectivity index (χ1v) is 7.71. The highest BCUT2D eigenvalue weighted by Gasteiger charge is 2.22. The van der Waals surface area contributed by atoms with E-state index in [1.54, 1.807) is 11.9 Å². The number of carbonyl (C=O) groups excluding carboxylic acids is 1. The molecule has 0 N–H and O–H groups in total. The van der Waals surface area contributed by atoms with Gasteiger partial charge in [-0.05, 0) is 41.5 Å². The molecule has 0 fully saturated rings. The molecule has 130 valence electrons. The van der Waals surface area contributed by atoms with Crippen molar-refractivity contribution in [2.45, 2.75) is 52.6 Å². The summed E-state index contributed by atoms with van der Waals surface area (Å²) in [7, 11) is 3.79. The smallest absolute Gasteiger partial charge is 0.248 e. The van der Waals surface area contributed by atoms with Crippen LogP contribution in [0, 0.1) is 0 Å². The van der Waals surface area contributed by atoms with Crippen molar-refractivity contribution < 1.29 is 14.3 Å². The van der Waals surface area contributed by atoms with Crippen LogP contribution in [0.3, 0.4) is 0 Å². The van der Waals surface area contributed by atoms with E-state index in [1.165, 1.54) is 0 Å².